The number of aryl methyl sites for hydroxylation is 4. The Morgan fingerprint density at radius 1 is 0.298 bits per heavy atom. The predicted molar refractivity (Wildman–Crippen MR) is 314 cm³/mol. The summed E-state index contributed by atoms with van der Waals surface area (Å²) in [6.45, 7) is 6.90. The van der Waals surface area contributed by atoms with Crippen LogP contribution in [0.25, 0.3) is 0 Å². The summed E-state index contributed by atoms with van der Waals surface area (Å²) in [6.07, 6.45) is 0. The van der Waals surface area contributed by atoms with Crippen LogP contribution >= 0.6 is 46.4 Å². The maximum absolute atomic E-state index is 11.9. The molecular formula is C52H56Cl4N12O16. The van der Waals surface area contributed by atoms with Crippen LogP contribution in [0, 0.1) is 27.7 Å². The van der Waals surface area contributed by atoms with Gasteiger partial charge in [0.25, 0.3) is 0 Å². The van der Waals surface area contributed by atoms with Crippen molar-refractivity contribution in [1.82, 2.24) is 20.6 Å². The zero-order valence-corrected chi connectivity index (χ0v) is 49.8. The Morgan fingerprint density at radius 2 is 0.476 bits per heavy atom. The quantitative estimate of drug-likeness (QED) is 0.0445. The van der Waals surface area contributed by atoms with Crippen LogP contribution in [0.2, 0.25) is 20.1 Å². The number of amides is 8. The molecule has 28 nitrogen and oxygen atoms in total. The number of methoxy groups -OCH3 is 8. The molecule has 32 heteroatoms. The van der Waals surface area contributed by atoms with E-state index >= 15 is 0 Å². The fourth-order valence-corrected chi connectivity index (χ4v) is 7.57. The summed E-state index contributed by atoms with van der Waals surface area (Å²) < 4.78 is 60.5. The monoisotopic (exact) mass is 1240 g/mol. The Kier molecular flexibility index (Phi) is 24.5. The Bertz CT molecular complexity index is 3080. The minimum absolute atomic E-state index is 0.309. The predicted octanol–water partition coefficient (Wildman–Crippen LogP) is 13.2. The van der Waals surface area contributed by atoms with Gasteiger partial charge >= 0.3 is 24.1 Å². The molecule has 4 heterocycles. The summed E-state index contributed by atoms with van der Waals surface area (Å²) in [5.41, 5.74) is 1.61. The van der Waals surface area contributed by atoms with Crippen LogP contribution in [-0.2, 0) is 0 Å². The largest absolute Gasteiger partial charge is 0.495 e. The molecule has 0 saturated carbocycles. The zero-order chi connectivity index (χ0) is 61.6. The first kappa shape index (κ1) is 65.2. The van der Waals surface area contributed by atoms with Crippen LogP contribution in [0.3, 0.4) is 0 Å². The van der Waals surface area contributed by atoms with Crippen molar-refractivity contribution >= 4 is 117 Å². The number of aromatic nitrogens is 4. The van der Waals surface area contributed by atoms with Crippen molar-refractivity contribution in [2.75, 3.05) is 99.4 Å². The lowest BCUT2D eigenvalue weighted by Crippen LogP contribution is -2.20. The fourth-order valence-electron chi connectivity index (χ4n) is 6.61. The molecule has 0 unspecified atom stereocenters. The maximum atomic E-state index is 11.9. The lowest BCUT2D eigenvalue weighted by atomic mass is 10.2. The minimum Gasteiger partial charge on any atom is -0.495 e. The molecule has 0 atom stereocenters. The molecule has 0 aliphatic rings. The molecule has 8 N–H and O–H groups in total. The van der Waals surface area contributed by atoms with Crippen LogP contribution in [0.5, 0.6) is 46.0 Å². The average molecular weight is 1250 g/mol. The van der Waals surface area contributed by atoms with Crippen molar-refractivity contribution in [3.63, 3.8) is 0 Å². The number of benzene rings is 4. The third kappa shape index (κ3) is 19.2. The molecule has 448 valence electrons. The molecule has 8 amide bonds. The molecule has 84 heavy (non-hydrogen) atoms. The number of rotatable bonds is 16. The van der Waals surface area contributed by atoms with E-state index in [-0.39, 0.29) is 0 Å². The van der Waals surface area contributed by atoms with E-state index in [2.05, 4.69) is 63.2 Å². The van der Waals surface area contributed by atoms with E-state index in [1.165, 1.54) is 81.1 Å². The third-order valence-corrected chi connectivity index (χ3v) is 11.5. The molecular weight excluding hydrogens is 1190 g/mol. The molecule has 0 saturated heterocycles. The Labute approximate surface area is 499 Å². The van der Waals surface area contributed by atoms with E-state index in [9.17, 15) is 19.2 Å². The zero-order valence-electron chi connectivity index (χ0n) is 46.8. The van der Waals surface area contributed by atoms with Gasteiger partial charge in [0.1, 0.15) is 69.0 Å². The van der Waals surface area contributed by atoms with Gasteiger partial charge < -0.3 is 77.3 Å². The number of urea groups is 4. The number of anilines is 8. The SMILES string of the molecule is COc1cc(OC)c(NC(=O)Nc2cc(C)on2)cc1Cl.COc1cc(OC)c(NC(=O)Nc2cc(C)on2)cc1Cl.COc1cc(OC)c(NC(=O)Nc2cc(C)on2)cc1Cl.COc1cc(OC)c(NC(=O)Nc2cc(C)on2)cc1Cl. The molecule has 0 fully saturated rings. The van der Waals surface area contributed by atoms with Gasteiger partial charge in [-0.3, -0.25) is 21.3 Å². The van der Waals surface area contributed by atoms with Crippen molar-refractivity contribution in [3.05, 3.63) is 116 Å². The van der Waals surface area contributed by atoms with E-state index in [1.54, 1.807) is 76.2 Å². The third-order valence-electron chi connectivity index (χ3n) is 10.4. The van der Waals surface area contributed by atoms with Gasteiger partial charge in [0, 0.05) is 48.5 Å². The van der Waals surface area contributed by atoms with E-state index in [0.717, 1.165) is 0 Å². The number of halogens is 4. The molecule has 0 spiro atoms. The lowest BCUT2D eigenvalue weighted by molar-refractivity contribution is 0.261. The van der Waals surface area contributed by atoms with Crippen molar-refractivity contribution in [2.45, 2.75) is 27.7 Å². The highest BCUT2D eigenvalue weighted by Gasteiger charge is 2.18. The van der Waals surface area contributed by atoms with Gasteiger partial charge in [0.15, 0.2) is 23.3 Å². The van der Waals surface area contributed by atoms with E-state index < -0.39 is 24.1 Å². The molecule has 4 aromatic carbocycles. The lowest BCUT2D eigenvalue weighted by Gasteiger charge is -2.13. The first-order valence-electron chi connectivity index (χ1n) is 23.8. The molecule has 8 rings (SSSR count). The standard InChI is InChI=1S/4C13H14ClN3O4/c4*1-7-4-12(17-21-7)16-13(18)15-9-5-8(14)10(19-2)6-11(9)20-3/h4*4-6H,1-3H3,(H2,15,16,17,18). The van der Waals surface area contributed by atoms with Crippen molar-refractivity contribution in [3.8, 4) is 46.0 Å². The van der Waals surface area contributed by atoms with Crippen LogP contribution < -0.4 is 80.4 Å². The maximum Gasteiger partial charge on any atom is 0.325 e. The van der Waals surface area contributed by atoms with Gasteiger partial charge in [-0.1, -0.05) is 67.0 Å². The second-order valence-electron chi connectivity index (χ2n) is 16.4. The summed E-state index contributed by atoms with van der Waals surface area (Å²) >= 11 is 24.1. The highest BCUT2D eigenvalue weighted by atomic mass is 35.5. The van der Waals surface area contributed by atoms with Gasteiger partial charge in [-0.05, 0) is 52.0 Å². The summed E-state index contributed by atoms with van der Waals surface area (Å²) in [7, 11) is 11.9. The van der Waals surface area contributed by atoms with Gasteiger partial charge in [-0.2, -0.15) is 0 Å². The van der Waals surface area contributed by atoms with Crippen LogP contribution in [0.1, 0.15) is 23.0 Å². The smallest absolute Gasteiger partial charge is 0.325 e. The van der Waals surface area contributed by atoms with Gasteiger partial charge in [-0.25, -0.2) is 19.2 Å². The van der Waals surface area contributed by atoms with Gasteiger partial charge in [0.05, 0.1) is 99.7 Å². The second kappa shape index (κ2) is 31.5. The molecule has 0 bridgehead atoms. The summed E-state index contributed by atoms with van der Waals surface area (Å²) in [5.74, 6) is 7.09. The number of nitrogens with one attached hydrogen (secondary N) is 8. The van der Waals surface area contributed by atoms with Crippen LogP contribution in [-0.4, -0.2) is 102 Å². The van der Waals surface area contributed by atoms with Gasteiger partial charge in [-0.15, -0.1) is 0 Å². The summed E-state index contributed by atoms with van der Waals surface area (Å²) in [4.78, 5) is 47.6. The van der Waals surface area contributed by atoms with E-state index in [0.29, 0.717) is 135 Å². The van der Waals surface area contributed by atoms with Crippen molar-refractivity contribution in [2.24, 2.45) is 0 Å². The average Bonchev–Trinajstić information content (AvgIpc) is 4.43. The summed E-state index contributed by atoms with van der Waals surface area (Å²) in [6, 6.07) is 16.9. The second-order valence-corrected chi connectivity index (χ2v) is 18.0. The van der Waals surface area contributed by atoms with Crippen LogP contribution in [0.4, 0.5) is 65.2 Å². The molecule has 0 aliphatic carbocycles. The number of hydrogen-bond acceptors (Lipinski definition) is 20. The number of carbonyl (C=O) groups excluding carboxylic acids is 4. The molecule has 0 radical (unpaired) electrons. The van der Waals surface area contributed by atoms with Crippen LogP contribution in [0.15, 0.2) is 90.9 Å². The van der Waals surface area contributed by atoms with E-state index in [4.69, 9.17) is 102 Å². The van der Waals surface area contributed by atoms with Crippen molar-refractivity contribution in [1.29, 1.82) is 0 Å². The highest BCUT2D eigenvalue weighted by molar-refractivity contribution is 6.33. The first-order chi connectivity index (χ1) is 40.1. The fraction of sp³-hybridized carbons (Fsp3) is 0.231. The number of hydrogen-bond donors (Lipinski definition) is 8. The highest BCUT2D eigenvalue weighted by Crippen LogP contribution is 2.39. The molecule has 0 aliphatic heterocycles. The molecule has 4 aromatic heterocycles. The van der Waals surface area contributed by atoms with Crippen molar-refractivity contribution < 1.29 is 75.2 Å². The normalized spacial score (nSPS) is 10.1. The Balaban J connectivity index is 0.000000205. The van der Waals surface area contributed by atoms with Gasteiger partial charge in [0.2, 0.25) is 0 Å². The number of carbonyl (C=O) groups is 4. The molecule has 8 aromatic rings. The summed E-state index contributed by atoms with van der Waals surface area (Å²) in [5, 5.41) is 36.6. The topological polar surface area (TPSA) is 342 Å². The first-order valence-corrected chi connectivity index (χ1v) is 25.4. The number of nitrogens with zero attached hydrogens (tertiary/aromatic N) is 4. The Hall–Kier alpha value is -9.64. The van der Waals surface area contributed by atoms with E-state index in [1.807, 2.05) is 0 Å². The Morgan fingerprint density at radius 3 is 0.619 bits per heavy atom. The minimum atomic E-state index is -0.497. The number of ether oxygens (including phenoxy) is 8.